The predicted molar refractivity (Wildman–Crippen MR) is 102 cm³/mol. The van der Waals surface area contributed by atoms with Crippen LogP contribution in [0.1, 0.15) is 12.0 Å². The molecule has 0 atom stereocenters. The van der Waals surface area contributed by atoms with E-state index in [2.05, 4.69) is 20.6 Å². The third-order valence-corrected chi connectivity index (χ3v) is 3.94. The molecule has 5 nitrogen and oxygen atoms in total. The highest BCUT2D eigenvalue weighted by molar-refractivity contribution is 5.68. The number of benzene rings is 2. The molecule has 0 fully saturated rings. The molecule has 0 saturated carbocycles. The molecular weight excluding hydrogens is 331 g/mol. The maximum Gasteiger partial charge on any atom is 0.225 e. The average molecular weight is 352 g/mol. The normalized spacial score (nSPS) is 10.6. The minimum absolute atomic E-state index is 0.0962. The second kappa shape index (κ2) is 8.40. The van der Waals surface area contributed by atoms with Gasteiger partial charge in [0.15, 0.2) is 0 Å². The Morgan fingerprint density at radius 1 is 1.04 bits per heavy atom. The number of hydrogen-bond acceptors (Lipinski definition) is 5. The van der Waals surface area contributed by atoms with Gasteiger partial charge in [0.25, 0.3) is 0 Å². The summed E-state index contributed by atoms with van der Waals surface area (Å²) >= 11 is 0. The first kappa shape index (κ1) is 17.8. The second-order valence-electron chi connectivity index (χ2n) is 5.87. The van der Waals surface area contributed by atoms with Crippen LogP contribution in [0, 0.1) is 12.7 Å². The van der Waals surface area contributed by atoms with E-state index in [0.29, 0.717) is 36.0 Å². The maximum absolute atomic E-state index is 13.8. The standard InChI is InChI=1S/C20H21FN4O/c1-14-16(21)9-5-10-17(14)23-19-13-18(15-7-3-2-4-8-15)24-20(25-19)22-11-6-12-26/h2-5,7-10,13,26H,6,11-12H2,1H3,(H2,22,23,24,25). The molecule has 26 heavy (non-hydrogen) atoms. The average Bonchev–Trinajstić information content (AvgIpc) is 2.66. The number of aliphatic hydroxyl groups is 1. The van der Waals surface area contributed by atoms with Crippen molar-refractivity contribution in [3.8, 4) is 11.3 Å². The van der Waals surface area contributed by atoms with Gasteiger partial charge in [0, 0.05) is 36.0 Å². The van der Waals surface area contributed by atoms with E-state index < -0.39 is 0 Å². The summed E-state index contributed by atoms with van der Waals surface area (Å²) in [6.07, 6.45) is 0.602. The smallest absolute Gasteiger partial charge is 0.225 e. The van der Waals surface area contributed by atoms with Gasteiger partial charge in [-0.25, -0.2) is 9.37 Å². The maximum atomic E-state index is 13.8. The van der Waals surface area contributed by atoms with Gasteiger partial charge in [0.2, 0.25) is 5.95 Å². The number of nitrogens with one attached hydrogen (secondary N) is 2. The summed E-state index contributed by atoms with van der Waals surface area (Å²) < 4.78 is 13.8. The number of anilines is 3. The minimum Gasteiger partial charge on any atom is -0.396 e. The van der Waals surface area contributed by atoms with Crippen molar-refractivity contribution in [3.63, 3.8) is 0 Å². The zero-order valence-electron chi connectivity index (χ0n) is 14.5. The first-order valence-electron chi connectivity index (χ1n) is 8.49. The van der Waals surface area contributed by atoms with Gasteiger partial charge in [0.05, 0.1) is 5.69 Å². The lowest BCUT2D eigenvalue weighted by Crippen LogP contribution is -2.09. The minimum atomic E-state index is -0.270. The van der Waals surface area contributed by atoms with E-state index in [4.69, 9.17) is 5.11 Å². The number of aliphatic hydroxyl groups excluding tert-OH is 1. The number of halogens is 1. The lowest BCUT2D eigenvalue weighted by Gasteiger charge is -2.13. The van der Waals surface area contributed by atoms with Crippen molar-refractivity contribution in [2.24, 2.45) is 0 Å². The fourth-order valence-corrected chi connectivity index (χ4v) is 2.51. The second-order valence-corrected chi connectivity index (χ2v) is 5.87. The first-order valence-corrected chi connectivity index (χ1v) is 8.49. The number of aromatic nitrogens is 2. The van der Waals surface area contributed by atoms with Crippen molar-refractivity contribution >= 4 is 17.5 Å². The van der Waals surface area contributed by atoms with E-state index >= 15 is 0 Å². The molecule has 0 saturated heterocycles. The van der Waals surface area contributed by atoms with Crippen LogP contribution in [-0.2, 0) is 0 Å². The Balaban J connectivity index is 1.95. The molecule has 1 heterocycles. The van der Waals surface area contributed by atoms with Gasteiger partial charge in [0.1, 0.15) is 11.6 Å². The number of nitrogens with zero attached hydrogens (tertiary/aromatic N) is 2. The van der Waals surface area contributed by atoms with Crippen molar-refractivity contribution in [1.82, 2.24) is 9.97 Å². The topological polar surface area (TPSA) is 70.1 Å². The molecule has 0 spiro atoms. The Bertz CT molecular complexity index is 871. The highest BCUT2D eigenvalue weighted by Crippen LogP contribution is 2.25. The Kier molecular flexibility index (Phi) is 5.76. The van der Waals surface area contributed by atoms with Gasteiger partial charge in [-0.15, -0.1) is 0 Å². The highest BCUT2D eigenvalue weighted by Gasteiger charge is 2.09. The van der Waals surface area contributed by atoms with Crippen LogP contribution in [0.4, 0.5) is 21.8 Å². The van der Waals surface area contributed by atoms with Gasteiger partial charge in [-0.2, -0.15) is 4.98 Å². The van der Waals surface area contributed by atoms with Crippen LogP contribution >= 0.6 is 0 Å². The molecule has 0 unspecified atom stereocenters. The van der Waals surface area contributed by atoms with E-state index in [9.17, 15) is 4.39 Å². The van der Waals surface area contributed by atoms with Crippen LogP contribution in [-0.4, -0.2) is 28.2 Å². The van der Waals surface area contributed by atoms with E-state index in [1.165, 1.54) is 6.07 Å². The summed E-state index contributed by atoms with van der Waals surface area (Å²) in [5, 5.41) is 15.2. The van der Waals surface area contributed by atoms with Crippen LogP contribution < -0.4 is 10.6 Å². The van der Waals surface area contributed by atoms with Crippen molar-refractivity contribution in [1.29, 1.82) is 0 Å². The predicted octanol–water partition coefficient (Wildman–Crippen LogP) is 4.13. The molecule has 0 bridgehead atoms. The molecule has 2 aromatic carbocycles. The zero-order valence-corrected chi connectivity index (χ0v) is 14.5. The molecule has 1 aromatic heterocycles. The van der Waals surface area contributed by atoms with Crippen molar-refractivity contribution < 1.29 is 9.50 Å². The van der Waals surface area contributed by atoms with Crippen LogP contribution in [0.3, 0.4) is 0 Å². The molecule has 3 N–H and O–H groups in total. The molecule has 0 aliphatic heterocycles. The van der Waals surface area contributed by atoms with Crippen molar-refractivity contribution in [3.05, 3.63) is 66.0 Å². The molecule has 0 aliphatic rings. The highest BCUT2D eigenvalue weighted by atomic mass is 19.1. The van der Waals surface area contributed by atoms with E-state index in [1.54, 1.807) is 13.0 Å². The molecule has 3 aromatic rings. The van der Waals surface area contributed by atoms with E-state index in [1.807, 2.05) is 42.5 Å². The summed E-state index contributed by atoms with van der Waals surface area (Å²) in [6.45, 7) is 2.38. The SMILES string of the molecule is Cc1c(F)cccc1Nc1cc(-c2ccccc2)nc(NCCCO)n1. The Morgan fingerprint density at radius 3 is 2.62 bits per heavy atom. The Hall–Kier alpha value is -2.99. The first-order chi connectivity index (χ1) is 12.7. The fourth-order valence-electron chi connectivity index (χ4n) is 2.51. The van der Waals surface area contributed by atoms with Gasteiger partial charge in [-0.3, -0.25) is 0 Å². The van der Waals surface area contributed by atoms with Crippen LogP contribution in [0.15, 0.2) is 54.6 Å². The van der Waals surface area contributed by atoms with Gasteiger partial charge in [-0.05, 0) is 25.5 Å². The number of hydrogen-bond donors (Lipinski definition) is 3. The summed E-state index contributed by atoms with van der Waals surface area (Å²) in [5.74, 6) is 0.754. The van der Waals surface area contributed by atoms with Gasteiger partial charge >= 0.3 is 0 Å². The lowest BCUT2D eigenvalue weighted by molar-refractivity contribution is 0.292. The summed E-state index contributed by atoms with van der Waals surface area (Å²) in [4.78, 5) is 9.00. The Morgan fingerprint density at radius 2 is 1.85 bits per heavy atom. The fraction of sp³-hybridized carbons (Fsp3) is 0.200. The largest absolute Gasteiger partial charge is 0.396 e. The van der Waals surface area contributed by atoms with Crippen LogP contribution in [0.2, 0.25) is 0 Å². The van der Waals surface area contributed by atoms with E-state index in [0.717, 1.165) is 11.3 Å². The van der Waals surface area contributed by atoms with Crippen molar-refractivity contribution in [2.45, 2.75) is 13.3 Å². The van der Waals surface area contributed by atoms with Crippen molar-refractivity contribution in [2.75, 3.05) is 23.8 Å². The van der Waals surface area contributed by atoms with Crippen LogP contribution in [0.25, 0.3) is 11.3 Å². The van der Waals surface area contributed by atoms with Gasteiger partial charge in [-0.1, -0.05) is 36.4 Å². The summed E-state index contributed by atoms with van der Waals surface area (Å²) in [5.41, 5.74) is 2.90. The molecule has 3 rings (SSSR count). The van der Waals surface area contributed by atoms with Crippen LogP contribution in [0.5, 0.6) is 0 Å². The molecule has 6 heteroatoms. The van der Waals surface area contributed by atoms with E-state index in [-0.39, 0.29) is 12.4 Å². The zero-order chi connectivity index (χ0) is 18.4. The molecular formula is C20H21FN4O. The van der Waals surface area contributed by atoms with Gasteiger partial charge < -0.3 is 15.7 Å². The number of rotatable bonds is 7. The lowest BCUT2D eigenvalue weighted by atomic mass is 10.1. The molecule has 0 aliphatic carbocycles. The summed E-state index contributed by atoms with van der Waals surface area (Å²) in [6, 6.07) is 16.5. The molecule has 0 amide bonds. The monoisotopic (exact) mass is 352 g/mol. The molecule has 134 valence electrons. The summed E-state index contributed by atoms with van der Waals surface area (Å²) in [7, 11) is 0. The Labute approximate surface area is 152 Å². The third-order valence-electron chi connectivity index (χ3n) is 3.94. The quantitative estimate of drug-likeness (QED) is 0.558. The third kappa shape index (κ3) is 4.34. The molecule has 0 radical (unpaired) electrons.